The summed E-state index contributed by atoms with van der Waals surface area (Å²) < 4.78 is 5.51. The molecule has 2 saturated carbocycles. The molecule has 2 aliphatic carbocycles. The highest BCUT2D eigenvalue weighted by molar-refractivity contribution is 6.38. The van der Waals surface area contributed by atoms with E-state index in [1.165, 1.54) is 0 Å². The summed E-state index contributed by atoms with van der Waals surface area (Å²) in [4.78, 5) is 81.2. The molecule has 5 atom stereocenters. The zero-order valence-electron chi connectivity index (χ0n) is 29.2. The fourth-order valence-corrected chi connectivity index (χ4v) is 7.35. The number of fused-ring (bicyclic) bond motifs is 1. The smallest absolute Gasteiger partial charge is 0.408 e. The molecule has 1 aliphatic heterocycles. The molecule has 48 heavy (non-hydrogen) atoms. The van der Waals surface area contributed by atoms with Crippen molar-refractivity contribution in [2.24, 2.45) is 23.2 Å². The SMILES string of the molecule is CCCC(NC(=O)C1C2C(CN1C(=O)[C@@H](NC(=O)OC(C)(C)C)C1CCCCC1)C2(C)C)C(=O)C(=O)NCC(=O)NCc1ccccc1. The molecule has 4 rings (SSSR count). The molecule has 1 heterocycles. The molecule has 1 saturated heterocycles. The highest BCUT2D eigenvalue weighted by atomic mass is 16.6. The minimum atomic E-state index is -1.12. The van der Waals surface area contributed by atoms with Crippen molar-refractivity contribution in [3.05, 3.63) is 35.9 Å². The van der Waals surface area contributed by atoms with E-state index in [9.17, 15) is 28.8 Å². The largest absolute Gasteiger partial charge is 0.444 e. The van der Waals surface area contributed by atoms with E-state index in [0.717, 1.165) is 37.7 Å². The lowest BCUT2D eigenvalue weighted by atomic mass is 9.83. The first kappa shape index (κ1) is 36.9. The van der Waals surface area contributed by atoms with Crippen LogP contribution in [0, 0.1) is 23.2 Å². The molecular formula is C36H53N5O7. The summed E-state index contributed by atoms with van der Waals surface area (Å²) in [6, 6.07) is 6.46. The van der Waals surface area contributed by atoms with Crippen LogP contribution in [0.25, 0.3) is 0 Å². The summed E-state index contributed by atoms with van der Waals surface area (Å²) in [6.45, 7) is 11.5. The molecule has 1 aromatic rings. The average Bonchev–Trinajstić information content (AvgIpc) is 3.34. The van der Waals surface area contributed by atoms with Crippen LogP contribution in [0.5, 0.6) is 0 Å². The van der Waals surface area contributed by atoms with Gasteiger partial charge in [-0.05, 0) is 68.8 Å². The molecule has 12 nitrogen and oxygen atoms in total. The number of piperidine rings is 1. The molecule has 3 aliphatic rings. The van der Waals surface area contributed by atoms with Gasteiger partial charge in [-0.3, -0.25) is 24.0 Å². The summed E-state index contributed by atoms with van der Waals surface area (Å²) in [5.74, 6) is -3.23. The Kier molecular flexibility index (Phi) is 11.9. The summed E-state index contributed by atoms with van der Waals surface area (Å²) in [5.41, 5.74) is -0.0393. The van der Waals surface area contributed by atoms with Crippen LogP contribution in [0.1, 0.15) is 92.1 Å². The van der Waals surface area contributed by atoms with Crippen LogP contribution in [0.4, 0.5) is 4.79 Å². The molecule has 0 radical (unpaired) electrons. The summed E-state index contributed by atoms with van der Waals surface area (Å²) in [5, 5.41) is 10.7. The van der Waals surface area contributed by atoms with Crippen molar-refractivity contribution in [2.45, 2.75) is 117 Å². The van der Waals surface area contributed by atoms with Gasteiger partial charge in [0.1, 0.15) is 17.7 Å². The van der Waals surface area contributed by atoms with Crippen LogP contribution in [0.2, 0.25) is 0 Å². The highest BCUT2D eigenvalue weighted by Crippen LogP contribution is 2.65. The number of benzene rings is 1. The number of hydrogen-bond acceptors (Lipinski definition) is 7. The predicted molar refractivity (Wildman–Crippen MR) is 179 cm³/mol. The second-order valence-electron chi connectivity index (χ2n) is 15.1. The van der Waals surface area contributed by atoms with Gasteiger partial charge in [-0.25, -0.2) is 4.79 Å². The van der Waals surface area contributed by atoms with Crippen molar-refractivity contribution in [3.8, 4) is 0 Å². The number of nitrogens with zero attached hydrogens (tertiary/aromatic N) is 1. The summed E-state index contributed by atoms with van der Waals surface area (Å²) in [7, 11) is 0. The lowest BCUT2D eigenvalue weighted by Gasteiger charge is -2.37. The van der Waals surface area contributed by atoms with Gasteiger partial charge >= 0.3 is 6.09 Å². The maximum Gasteiger partial charge on any atom is 0.408 e. The molecule has 264 valence electrons. The Morgan fingerprint density at radius 2 is 1.62 bits per heavy atom. The van der Waals surface area contributed by atoms with Gasteiger partial charge in [0.05, 0.1) is 12.6 Å². The number of rotatable bonds is 13. The van der Waals surface area contributed by atoms with Crippen molar-refractivity contribution in [3.63, 3.8) is 0 Å². The van der Waals surface area contributed by atoms with E-state index in [1.807, 2.05) is 37.3 Å². The summed E-state index contributed by atoms with van der Waals surface area (Å²) in [6.07, 6.45) is 4.57. The lowest BCUT2D eigenvalue weighted by molar-refractivity contribution is -0.145. The lowest BCUT2D eigenvalue weighted by Crippen LogP contribution is -2.60. The minimum absolute atomic E-state index is 0.0868. The third kappa shape index (κ3) is 9.14. The second kappa shape index (κ2) is 15.5. The molecule has 0 bridgehead atoms. The first-order valence-corrected chi connectivity index (χ1v) is 17.4. The number of carbonyl (C=O) groups is 6. The van der Waals surface area contributed by atoms with Crippen LogP contribution in [0.3, 0.4) is 0 Å². The van der Waals surface area contributed by atoms with Crippen LogP contribution >= 0.6 is 0 Å². The fraction of sp³-hybridized carbons (Fsp3) is 0.667. The Morgan fingerprint density at radius 3 is 2.25 bits per heavy atom. The van der Waals surface area contributed by atoms with Crippen LogP contribution in [-0.4, -0.2) is 77.2 Å². The van der Waals surface area contributed by atoms with Crippen molar-refractivity contribution in [1.82, 2.24) is 26.2 Å². The number of alkyl carbamates (subject to hydrolysis) is 1. The topological polar surface area (TPSA) is 163 Å². The predicted octanol–water partition coefficient (Wildman–Crippen LogP) is 3.23. The van der Waals surface area contributed by atoms with E-state index in [0.29, 0.717) is 13.0 Å². The Morgan fingerprint density at radius 1 is 0.958 bits per heavy atom. The van der Waals surface area contributed by atoms with Gasteiger partial charge in [-0.15, -0.1) is 0 Å². The van der Waals surface area contributed by atoms with E-state index in [2.05, 4.69) is 35.1 Å². The number of hydrogen-bond donors (Lipinski definition) is 4. The Bertz CT molecular complexity index is 1350. The van der Waals surface area contributed by atoms with Crippen LogP contribution in [-0.2, 0) is 35.3 Å². The van der Waals surface area contributed by atoms with E-state index < -0.39 is 53.3 Å². The number of nitrogens with one attached hydrogen (secondary N) is 4. The zero-order valence-corrected chi connectivity index (χ0v) is 29.2. The third-order valence-electron chi connectivity index (χ3n) is 10.00. The van der Waals surface area contributed by atoms with Gasteiger partial charge in [0.25, 0.3) is 5.91 Å². The first-order chi connectivity index (χ1) is 22.6. The van der Waals surface area contributed by atoms with E-state index in [1.54, 1.807) is 25.7 Å². The summed E-state index contributed by atoms with van der Waals surface area (Å²) >= 11 is 0. The molecule has 3 fully saturated rings. The minimum Gasteiger partial charge on any atom is -0.444 e. The maximum absolute atomic E-state index is 14.3. The van der Waals surface area contributed by atoms with Crippen molar-refractivity contribution in [1.29, 1.82) is 0 Å². The van der Waals surface area contributed by atoms with Crippen LogP contribution < -0.4 is 21.3 Å². The molecule has 4 N–H and O–H groups in total. The normalized spacial score (nSPS) is 22.8. The zero-order chi connectivity index (χ0) is 35.2. The number of amides is 5. The molecule has 0 aromatic heterocycles. The van der Waals surface area contributed by atoms with Gasteiger partial charge in [-0.1, -0.05) is 76.8 Å². The number of carbonyl (C=O) groups excluding carboxylic acids is 6. The highest BCUT2D eigenvalue weighted by Gasteiger charge is 2.69. The quantitative estimate of drug-likeness (QED) is 0.235. The van der Waals surface area contributed by atoms with Crippen molar-refractivity contribution < 1.29 is 33.5 Å². The van der Waals surface area contributed by atoms with Crippen molar-refractivity contribution >= 4 is 35.5 Å². The van der Waals surface area contributed by atoms with E-state index >= 15 is 0 Å². The van der Waals surface area contributed by atoms with Gasteiger partial charge in [-0.2, -0.15) is 0 Å². The number of ketones is 1. The third-order valence-corrected chi connectivity index (χ3v) is 10.00. The monoisotopic (exact) mass is 667 g/mol. The van der Waals surface area contributed by atoms with Gasteiger partial charge in [0.2, 0.25) is 23.5 Å². The Balaban J connectivity index is 1.44. The number of likely N-dealkylation sites (tertiary alicyclic amines) is 1. The maximum atomic E-state index is 14.3. The Labute approximate surface area is 283 Å². The molecular weight excluding hydrogens is 614 g/mol. The van der Waals surface area contributed by atoms with Crippen molar-refractivity contribution in [2.75, 3.05) is 13.1 Å². The van der Waals surface area contributed by atoms with E-state index in [-0.39, 0.29) is 48.6 Å². The van der Waals surface area contributed by atoms with Gasteiger partial charge in [0.15, 0.2) is 0 Å². The second-order valence-corrected chi connectivity index (χ2v) is 15.1. The molecule has 4 unspecified atom stereocenters. The standard InChI is InChI=1S/C36H53N5O7/c1-7-14-25(30(43)32(45)38-20-26(42)37-19-22-15-10-8-11-16-22)39-31(44)29-27-24(36(27,5)6)21-41(29)33(46)28(23-17-12-9-13-18-23)40-34(47)48-35(2,3)4/h8,10-11,15-16,23-25,27-29H,7,9,12-14,17-21H2,1-6H3,(H,37,42)(H,38,45)(H,39,44)(H,40,47)/t24?,25?,27?,28-,29?/m0/s1. The molecule has 1 aromatic carbocycles. The number of ether oxygens (including phenoxy) is 1. The van der Waals surface area contributed by atoms with Gasteiger partial charge in [0, 0.05) is 13.1 Å². The average molecular weight is 668 g/mol. The van der Waals surface area contributed by atoms with Gasteiger partial charge < -0.3 is 30.9 Å². The molecule has 5 amide bonds. The fourth-order valence-electron chi connectivity index (χ4n) is 7.35. The molecule has 12 heteroatoms. The first-order valence-electron chi connectivity index (χ1n) is 17.4. The molecule has 0 spiro atoms. The van der Waals surface area contributed by atoms with E-state index in [4.69, 9.17) is 4.74 Å². The number of Topliss-reactive ketones (excluding diaryl/α,β-unsaturated/α-hetero) is 1. The Hall–Kier alpha value is -3.96. The van der Waals surface area contributed by atoms with Crippen LogP contribution in [0.15, 0.2) is 30.3 Å².